The number of hydrogen-bond acceptors (Lipinski definition) is 6. The lowest BCUT2D eigenvalue weighted by Crippen LogP contribution is -1.89. The molecule has 6 rings (SSSR count). The Hall–Kier alpha value is -4.19. The highest BCUT2D eigenvalue weighted by Gasteiger charge is 2.08. The molecule has 0 aliphatic heterocycles. The van der Waals surface area contributed by atoms with Crippen LogP contribution in [-0.2, 0) is 10.4 Å². The Morgan fingerprint density at radius 3 is 1.41 bits per heavy atom. The average molecular weight is 523 g/mol. The summed E-state index contributed by atoms with van der Waals surface area (Å²) in [6, 6.07) is 16.2. The van der Waals surface area contributed by atoms with Gasteiger partial charge in [-0.3, -0.25) is 19.1 Å². The minimum atomic E-state index is -4.67. The zero-order chi connectivity index (χ0) is 26.7. The number of nitrogens with zero attached hydrogens (tertiary/aromatic N) is 2. The van der Waals surface area contributed by atoms with Crippen molar-refractivity contribution < 1.29 is 27.0 Å². The van der Waals surface area contributed by atoms with E-state index in [4.69, 9.17) is 27.0 Å². The molecule has 0 spiro atoms. The summed E-state index contributed by atoms with van der Waals surface area (Å²) >= 11 is 0. The van der Waals surface area contributed by atoms with Gasteiger partial charge in [0.1, 0.15) is 11.5 Å². The summed E-state index contributed by atoms with van der Waals surface area (Å²) in [4.78, 5) is 15.3. The summed E-state index contributed by atoms with van der Waals surface area (Å²) in [7, 11) is -1.31. The van der Waals surface area contributed by atoms with Crippen LogP contribution in [0.15, 0.2) is 60.9 Å². The molecule has 4 N–H and O–H groups in total. The second kappa shape index (κ2) is 10.4. The quantitative estimate of drug-likeness (QED) is 0.220. The lowest BCUT2D eigenvalue weighted by molar-refractivity contribution is 0.381. The van der Waals surface area contributed by atoms with Crippen molar-refractivity contribution in [1.29, 1.82) is 0 Å². The monoisotopic (exact) mass is 522 g/mol. The predicted molar refractivity (Wildman–Crippen MR) is 144 cm³/mol. The fourth-order valence-electron chi connectivity index (χ4n) is 4.14. The number of hydrogen-bond donors (Lipinski definition) is 4. The van der Waals surface area contributed by atoms with Gasteiger partial charge in [0.2, 0.25) is 0 Å². The first-order valence-electron chi connectivity index (χ1n) is 11.1. The second-order valence-electron chi connectivity index (χ2n) is 8.16. The summed E-state index contributed by atoms with van der Waals surface area (Å²) < 4.78 is 42.0. The van der Waals surface area contributed by atoms with Crippen LogP contribution in [0.2, 0.25) is 0 Å². The van der Waals surface area contributed by atoms with Gasteiger partial charge < -0.3 is 19.4 Å². The average Bonchev–Trinajstić information content (AvgIpc) is 3.42. The normalized spacial score (nSPS) is 11.2. The van der Waals surface area contributed by atoms with Crippen molar-refractivity contribution in [3.63, 3.8) is 0 Å². The Bertz CT molecular complexity index is 1700. The van der Waals surface area contributed by atoms with Gasteiger partial charge in [0, 0.05) is 46.1 Å². The molecule has 0 saturated heterocycles. The third-order valence-electron chi connectivity index (χ3n) is 5.83. The van der Waals surface area contributed by atoms with E-state index in [2.05, 4.69) is 32.1 Å². The van der Waals surface area contributed by atoms with Crippen LogP contribution in [0, 0.1) is 13.8 Å². The summed E-state index contributed by atoms with van der Waals surface area (Å²) in [6.45, 7) is 4.02. The molecule has 192 valence electrons. The number of rotatable bonds is 2. The third kappa shape index (κ3) is 5.80. The van der Waals surface area contributed by atoms with E-state index < -0.39 is 10.4 Å². The van der Waals surface area contributed by atoms with E-state index in [1.165, 1.54) is 21.5 Å². The number of fused-ring (bicyclic) bond motifs is 6. The van der Waals surface area contributed by atoms with Crippen LogP contribution in [0.1, 0.15) is 11.4 Å². The van der Waals surface area contributed by atoms with Crippen molar-refractivity contribution >= 4 is 54.0 Å². The van der Waals surface area contributed by atoms with E-state index >= 15 is 0 Å². The molecule has 10 nitrogen and oxygen atoms in total. The molecular formula is C26H26N4O6S. The van der Waals surface area contributed by atoms with E-state index in [0.717, 1.165) is 45.0 Å². The van der Waals surface area contributed by atoms with E-state index in [9.17, 15) is 0 Å². The van der Waals surface area contributed by atoms with Gasteiger partial charge in [-0.15, -0.1) is 0 Å². The SMILES string of the molecule is COc1ccc2c(c1)[nH]c1c(C)nccc12.COc1ccc2c(c1)[nH]c1c(C)nccc12.O=S(=O)(O)O. The molecular weight excluding hydrogens is 496 g/mol. The number of benzene rings is 2. The van der Waals surface area contributed by atoms with Crippen molar-refractivity contribution in [1.82, 2.24) is 19.9 Å². The predicted octanol–water partition coefficient (Wildman–Crippen LogP) is 5.41. The number of aromatic nitrogens is 4. The van der Waals surface area contributed by atoms with Gasteiger partial charge in [-0.25, -0.2) is 0 Å². The van der Waals surface area contributed by atoms with Gasteiger partial charge in [0.25, 0.3) is 0 Å². The first-order chi connectivity index (χ1) is 17.6. The van der Waals surface area contributed by atoms with E-state index in [-0.39, 0.29) is 0 Å². The number of aromatic amines is 2. The first-order valence-corrected chi connectivity index (χ1v) is 12.5. The van der Waals surface area contributed by atoms with Crippen LogP contribution < -0.4 is 9.47 Å². The number of aryl methyl sites for hydroxylation is 2. The van der Waals surface area contributed by atoms with Gasteiger partial charge in [-0.1, -0.05) is 0 Å². The van der Waals surface area contributed by atoms with Gasteiger partial charge in [0.05, 0.1) is 47.7 Å². The Labute approximate surface area is 212 Å². The van der Waals surface area contributed by atoms with E-state index in [0.29, 0.717) is 0 Å². The Kier molecular flexibility index (Phi) is 7.30. The summed E-state index contributed by atoms with van der Waals surface area (Å²) in [5.74, 6) is 1.73. The number of nitrogens with one attached hydrogen (secondary N) is 2. The molecule has 0 aliphatic carbocycles. The molecule has 0 unspecified atom stereocenters. The van der Waals surface area contributed by atoms with E-state index in [1.807, 2.05) is 62.6 Å². The van der Waals surface area contributed by atoms with Crippen molar-refractivity contribution in [3.8, 4) is 11.5 Å². The minimum Gasteiger partial charge on any atom is -0.497 e. The molecule has 37 heavy (non-hydrogen) atoms. The third-order valence-corrected chi connectivity index (χ3v) is 5.83. The molecule has 2 aromatic carbocycles. The van der Waals surface area contributed by atoms with Gasteiger partial charge >= 0.3 is 10.4 Å². The topological polar surface area (TPSA) is 150 Å². The fraction of sp³-hybridized carbons (Fsp3) is 0.154. The zero-order valence-electron chi connectivity index (χ0n) is 20.6. The molecule has 4 heterocycles. The van der Waals surface area contributed by atoms with Crippen molar-refractivity contribution in [3.05, 3.63) is 72.3 Å². The lowest BCUT2D eigenvalue weighted by atomic mass is 10.1. The molecule has 0 saturated carbocycles. The van der Waals surface area contributed by atoms with Crippen LogP contribution in [0.3, 0.4) is 0 Å². The molecule has 0 bridgehead atoms. The minimum absolute atomic E-state index is 0.865. The Balaban J connectivity index is 0.000000147. The van der Waals surface area contributed by atoms with Gasteiger partial charge in [-0.2, -0.15) is 8.42 Å². The molecule has 0 atom stereocenters. The highest BCUT2D eigenvalue weighted by Crippen LogP contribution is 2.30. The largest absolute Gasteiger partial charge is 0.497 e. The fourth-order valence-corrected chi connectivity index (χ4v) is 4.14. The van der Waals surface area contributed by atoms with E-state index in [1.54, 1.807) is 14.2 Å². The molecule has 4 aromatic heterocycles. The standard InChI is InChI=1S/2C13H12N2O.H2O4S/c2*1-8-13-11(5-6-14-8)10-4-3-9(16-2)7-12(10)15-13;1-5(2,3)4/h2*3-7,15H,1-2H3;(H2,1,2,3,4). The number of ether oxygens (including phenoxy) is 2. The molecule has 0 amide bonds. The lowest BCUT2D eigenvalue weighted by Gasteiger charge is -1.98. The zero-order valence-corrected chi connectivity index (χ0v) is 21.4. The summed E-state index contributed by atoms with van der Waals surface area (Å²) in [5.41, 5.74) is 6.42. The maximum Gasteiger partial charge on any atom is 0.394 e. The smallest absolute Gasteiger partial charge is 0.394 e. The number of methoxy groups -OCH3 is 2. The molecule has 11 heteroatoms. The summed E-state index contributed by atoms with van der Waals surface area (Å²) in [6.07, 6.45) is 3.68. The maximum absolute atomic E-state index is 8.74. The van der Waals surface area contributed by atoms with Crippen LogP contribution >= 0.6 is 0 Å². The number of pyridine rings is 2. The Morgan fingerprint density at radius 2 is 1.05 bits per heavy atom. The Morgan fingerprint density at radius 1 is 0.676 bits per heavy atom. The van der Waals surface area contributed by atoms with Crippen LogP contribution in [0.4, 0.5) is 0 Å². The highest BCUT2D eigenvalue weighted by atomic mass is 32.3. The number of H-pyrrole nitrogens is 2. The van der Waals surface area contributed by atoms with Crippen molar-refractivity contribution in [2.45, 2.75) is 13.8 Å². The molecule has 6 aromatic rings. The van der Waals surface area contributed by atoms with Gasteiger partial charge in [-0.05, 0) is 50.2 Å². The maximum atomic E-state index is 8.74. The van der Waals surface area contributed by atoms with Crippen molar-refractivity contribution in [2.75, 3.05) is 14.2 Å². The van der Waals surface area contributed by atoms with Crippen LogP contribution in [-0.4, -0.2) is 51.7 Å². The highest BCUT2D eigenvalue weighted by molar-refractivity contribution is 7.79. The van der Waals surface area contributed by atoms with Crippen LogP contribution in [0.25, 0.3) is 43.6 Å². The first kappa shape index (κ1) is 25.9. The van der Waals surface area contributed by atoms with Crippen molar-refractivity contribution in [2.24, 2.45) is 0 Å². The second-order valence-corrected chi connectivity index (χ2v) is 9.05. The molecule has 0 aliphatic rings. The molecule has 0 radical (unpaired) electrons. The van der Waals surface area contributed by atoms with Crippen LogP contribution in [0.5, 0.6) is 11.5 Å². The molecule has 0 fully saturated rings. The summed E-state index contributed by atoms with van der Waals surface area (Å²) in [5, 5.41) is 4.85. The van der Waals surface area contributed by atoms with Gasteiger partial charge in [0.15, 0.2) is 0 Å².